The number of carbonyl (C=O) groups is 1. The zero-order chi connectivity index (χ0) is 19.2. The quantitative estimate of drug-likeness (QED) is 0.806. The van der Waals surface area contributed by atoms with Crippen molar-refractivity contribution in [3.63, 3.8) is 0 Å². The molecule has 1 N–H and O–H groups in total. The zero-order valence-corrected chi connectivity index (χ0v) is 14.9. The molecule has 1 heterocycles. The van der Waals surface area contributed by atoms with E-state index < -0.39 is 11.7 Å². The summed E-state index contributed by atoms with van der Waals surface area (Å²) >= 11 is 0. The number of aromatic nitrogens is 2. The number of benzene rings is 1. The molecule has 1 aromatic carbocycles. The minimum atomic E-state index is -4.34. The summed E-state index contributed by atoms with van der Waals surface area (Å²) in [4.78, 5) is 18.1. The highest BCUT2D eigenvalue weighted by molar-refractivity contribution is 5.73. The van der Waals surface area contributed by atoms with E-state index in [1.807, 2.05) is 18.4 Å². The van der Waals surface area contributed by atoms with Crippen LogP contribution >= 0.6 is 0 Å². The fourth-order valence-electron chi connectivity index (χ4n) is 2.47. The van der Waals surface area contributed by atoms with Crippen molar-refractivity contribution >= 4 is 6.03 Å². The Morgan fingerprint density at radius 2 is 1.92 bits per heavy atom. The van der Waals surface area contributed by atoms with Gasteiger partial charge >= 0.3 is 12.2 Å². The standard InChI is InChI=1S/C18H23F3N4O/c1-3-9-23-17(26)24(4-2)13-16-22-10-11-25(16)12-14-5-7-15(8-6-14)18(19,20)21/h5-8,10-11H,3-4,9,12-13H2,1-2H3,(H,23,26). The minimum Gasteiger partial charge on any atom is -0.338 e. The van der Waals surface area contributed by atoms with Crippen LogP contribution in [-0.4, -0.2) is 33.6 Å². The Morgan fingerprint density at radius 1 is 1.23 bits per heavy atom. The molecule has 0 atom stereocenters. The second kappa shape index (κ2) is 8.73. The van der Waals surface area contributed by atoms with E-state index in [1.54, 1.807) is 17.3 Å². The third-order valence-corrected chi connectivity index (χ3v) is 3.96. The number of nitrogens with one attached hydrogen (secondary N) is 1. The first-order valence-electron chi connectivity index (χ1n) is 8.54. The Kier molecular flexibility index (Phi) is 6.65. The largest absolute Gasteiger partial charge is 0.416 e. The molecule has 0 fully saturated rings. The number of carbonyl (C=O) groups excluding carboxylic acids is 1. The third-order valence-electron chi connectivity index (χ3n) is 3.96. The highest BCUT2D eigenvalue weighted by atomic mass is 19.4. The van der Waals surface area contributed by atoms with Gasteiger partial charge in [-0.05, 0) is 31.0 Å². The van der Waals surface area contributed by atoms with Gasteiger partial charge < -0.3 is 14.8 Å². The number of halogens is 3. The second-order valence-electron chi connectivity index (χ2n) is 5.91. The van der Waals surface area contributed by atoms with E-state index in [4.69, 9.17) is 0 Å². The van der Waals surface area contributed by atoms with Crippen LogP contribution in [0.1, 0.15) is 37.2 Å². The number of nitrogens with zero attached hydrogens (tertiary/aromatic N) is 3. The number of alkyl halides is 3. The molecule has 0 saturated carbocycles. The number of amides is 2. The van der Waals surface area contributed by atoms with Crippen molar-refractivity contribution in [1.82, 2.24) is 19.8 Å². The number of hydrogen-bond acceptors (Lipinski definition) is 2. The van der Waals surface area contributed by atoms with Gasteiger partial charge in [0.05, 0.1) is 12.1 Å². The monoisotopic (exact) mass is 368 g/mol. The molecular weight excluding hydrogens is 345 g/mol. The predicted octanol–water partition coefficient (Wildman–Crippen LogP) is 3.89. The lowest BCUT2D eigenvalue weighted by Gasteiger charge is -2.21. The molecule has 26 heavy (non-hydrogen) atoms. The molecule has 0 saturated heterocycles. The molecule has 8 heteroatoms. The fourth-order valence-corrected chi connectivity index (χ4v) is 2.47. The number of hydrogen-bond donors (Lipinski definition) is 1. The van der Waals surface area contributed by atoms with Crippen molar-refractivity contribution in [3.8, 4) is 0 Å². The van der Waals surface area contributed by atoms with Gasteiger partial charge in [-0.3, -0.25) is 0 Å². The van der Waals surface area contributed by atoms with Crippen LogP contribution < -0.4 is 5.32 Å². The number of urea groups is 1. The van der Waals surface area contributed by atoms with Gasteiger partial charge in [-0.25, -0.2) is 9.78 Å². The highest BCUT2D eigenvalue weighted by Crippen LogP contribution is 2.29. The van der Waals surface area contributed by atoms with Crippen LogP contribution in [0.4, 0.5) is 18.0 Å². The van der Waals surface area contributed by atoms with Gasteiger partial charge in [0.1, 0.15) is 5.82 Å². The first kappa shape index (κ1) is 19.8. The van der Waals surface area contributed by atoms with Crippen molar-refractivity contribution in [2.24, 2.45) is 0 Å². The molecule has 2 aromatic rings. The summed E-state index contributed by atoms with van der Waals surface area (Å²) in [5.74, 6) is 0.679. The second-order valence-corrected chi connectivity index (χ2v) is 5.91. The first-order chi connectivity index (χ1) is 12.3. The zero-order valence-electron chi connectivity index (χ0n) is 14.9. The van der Waals surface area contributed by atoms with Crippen LogP contribution in [0.15, 0.2) is 36.7 Å². The van der Waals surface area contributed by atoms with Crippen LogP contribution in [0.5, 0.6) is 0 Å². The Morgan fingerprint density at radius 3 is 2.50 bits per heavy atom. The molecule has 2 rings (SSSR count). The maximum atomic E-state index is 12.6. The molecular formula is C18H23F3N4O. The summed E-state index contributed by atoms with van der Waals surface area (Å²) in [6.07, 6.45) is -0.111. The van der Waals surface area contributed by atoms with Crippen molar-refractivity contribution in [2.75, 3.05) is 13.1 Å². The molecule has 5 nitrogen and oxygen atoms in total. The molecule has 0 radical (unpaired) electrons. The Hall–Kier alpha value is -2.51. The molecule has 0 aliphatic carbocycles. The fraction of sp³-hybridized carbons (Fsp3) is 0.444. The average Bonchev–Trinajstić information content (AvgIpc) is 3.04. The van der Waals surface area contributed by atoms with Gasteiger partial charge in [0.25, 0.3) is 0 Å². The normalized spacial score (nSPS) is 11.4. The summed E-state index contributed by atoms with van der Waals surface area (Å²) in [6.45, 7) is 5.72. The molecule has 0 spiro atoms. The molecule has 0 unspecified atom stereocenters. The average molecular weight is 368 g/mol. The van der Waals surface area contributed by atoms with Crippen molar-refractivity contribution < 1.29 is 18.0 Å². The lowest BCUT2D eigenvalue weighted by atomic mass is 10.1. The summed E-state index contributed by atoms with van der Waals surface area (Å²) < 4.78 is 39.8. The first-order valence-corrected chi connectivity index (χ1v) is 8.54. The molecule has 0 aliphatic heterocycles. The van der Waals surface area contributed by atoms with E-state index in [0.717, 1.165) is 24.1 Å². The number of imidazole rings is 1. The van der Waals surface area contributed by atoms with Crippen LogP contribution in [0, 0.1) is 0 Å². The lowest BCUT2D eigenvalue weighted by molar-refractivity contribution is -0.137. The van der Waals surface area contributed by atoms with Crippen LogP contribution in [0.25, 0.3) is 0 Å². The van der Waals surface area contributed by atoms with Crippen LogP contribution in [0.2, 0.25) is 0 Å². The maximum Gasteiger partial charge on any atom is 0.416 e. The molecule has 0 bridgehead atoms. The van der Waals surface area contributed by atoms with Crippen molar-refractivity contribution in [2.45, 2.75) is 39.5 Å². The van der Waals surface area contributed by atoms with Gasteiger partial charge in [-0.15, -0.1) is 0 Å². The summed E-state index contributed by atoms with van der Waals surface area (Å²) in [7, 11) is 0. The summed E-state index contributed by atoms with van der Waals surface area (Å²) in [6, 6.07) is 4.90. The van der Waals surface area contributed by atoms with E-state index in [1.165, 1.54) is 12.1 Å². The lowest BCUT2D eigenvalue weighted by Crippen LogP contribution is -2.40. The van der Waals surface area contributed by atoms with Gasteiger partial charge in [0.2, 0.25) is 0 Å². The Bertz CT molecular complexity index is 710. The van der Waals surface area contributed by atoms with Crippen molar-refractivity contribution in [3.05, 3.63) is 53.6 Å². The van der Waals surface area contributed by atoms with E-state index in [9.17, 15) is 18.0 Å². The van der Waals surface area contributed by atoms with Gasteiger partial charge in [-0.2, -0.15) is 13.2 Å². The molecule has 2 amide bonds. The summed E-state index contributed by atoms with van der Waals surface area (Å²) in [5.41, 5.74) is 0.0626. The SMILES string of the molecule is CCCNC(=O)N(CC)Cc1nccn1Cc1ccc(C(F)(F)F)cc1. The van der Waals surface area contributed by atoms with Crippen LogP contribution in [-0.2, 0) is 19.3 Å². The van der Waals surface area contributed by atoms with Crippen LogP contribution in [0.3, 0.4) is 0 Å². The smallest absolute Gasteiger partial charge is 0.338 e. The molecule has 1 aromatic heterocycles. The van der Waals surface area contributed by atoms with Gasteiger partial charge in [-0.1, -0.05) is 19.1 Å². The Labute approximate surface area is 150 Å². The van der Waals surface area contributed by atoms with E-state index in [0.29, 0.717) is 32.0 Å². The highest BCUT2D eigenvalue weighted by Gasteiger charge is 2.29. The minimum absolute atomic E-state index is 0.154. The predicted molar refractivity (Wildman–Crippen MR) is 92.5 cm³/mol. The summed E-state index contributed by atoms with van der Waals surface area (Å²) in [5, 5.41) is 2.83. The van der Waals surface area contributed by atoms with E-state index in [-0.39, 0.29) is 6.03 Å². The van der Waals surface area contributed by atoms with E-state index in [2.05, 4.69) is 10.3 Å². The van der Waals surface area contributed by atoms with Gasteiger partial charge in [0.15, 0.2) is 0 Å². The Balaban J connectivity index is 2.06. The molecule has 142 valence electrons. The maximum absolute atomic E-state index is 12.6. The molecule has 0 aliphatic rings. The van der Waals surface area contributed by atoms with Crippen molar-refractivity contribution in [1.29, 1.82) is 0 Å². The number of rotatable bonds is 7. The topological polar surface area (TPSA) is 50.2 Å². The van der Waals surface area contributed by atoms with E-state index >= 15 is 0 Å². The third kappa shape index (κ3) is 5.24. The van der Waals surface area contributed by atoms with Gasteiger partial charge in [0, 0.05) is 32.0 Å².